The lowest BCUT2D eigenvalue weighted by Crippen LogP contribution is -2.32. The maximum atomic E-state index is 11.3. The molecule has 3 rings (SSSR count). The summed E-state index contributed by atoms with van der Waals surface area (Å²) >= 11 is 1.47. The van der Waals surface area contributed by atoms with E-state index in [0.717, 1.165) is 64.4 Å². The monoisotopic (exact) mass is 442 g/mol. The molecule has 1 heterocycles. The zero-order valence-electron chi connectivity index (χ0n) is 18.7. The number of hydrogen-bond acceptors (Lipinski definition) is 5. The summed E-state index contributed by atoms with van der Waals surface area (Å²) in [7, 11) is 0. The second-order valence-corrected chi connectivity index (χ2v) is 8.42. The van der Waals surface area contributed by atoms with Gasteiger partial charge in [-0.2, -0.15) is 0 Å². The number of nitrogens with zero attached hydrogens (tertiary/aromatic N) is 2. The Hall–Kier alpha value is -2.51. The van der Waals surface area contributed by atoms with Gasteiger partial charge in [0, 0.05) is 52.5 Å². The third-order valence-electron chi connectivity index (χ3n) is 5.62. The molecule has 31 heavy (non-hydrogen) atoms. The Morgan fingerprint density at radius 2 is 1.84 bits per heavy atom. The predicted molar refractivity (Wildman–Crippen MR) is 129 cm³/mol. The number of rotatable bonds is 9. The second-order valence-electron chi connectivity index (χ2n) is 7.39. The largest absolute Gasteiger partial charge is 0.480 e. The van der Waals surface area contributed by atoms with E-state index >= 15 is 0 Å². The molecule has 7 heteroatoms. The van der Waals surface area contributed by atoms with Crippen LogP contribution in [0.4, 0.5) is 5.69 Å². The van der Waals surface area contributed by atoms with Crippen LogP contribution < -0.4 is 20.6 Å². The number of benzene rings is 2. The number of hydrogen-bond donors (Lipinski definition) is 2. The van der Waals surface area contributed by atoms with Crippen LogP contribution in [-0.4, -0.2) is 49.0 Å². The molecule has 1 aliphatic heterocycles. The fourth-order valence-corrected chi connectivity index (χ4v) is 4.94. The van der Waals surface area contributed by atoms with Crippen LogP contribution in [0.2, 0.25) is 0 Å². The normalized spacial score (nSPS) is 12.3. The topological polar surface area (TPSA) is 82.7 Å². The molecule has 0 bridgehead atoms. The number of thioether (sulfide) groups is 1. The maximum Gasteiger partial charge on any atom is 0.321 e. The van der Waals surface area contributed by atoms with E-state index in [1.807, 2.05) is 0 Å². The first-order chi connectivity index (χ1) is 14.9. The van der Waals surface area contributed by atoms with Gasteiger partial charge < -0.3 is 20.2 Å². The van der Waals surface area contributed by atoms with Crippen molar-refractivity contribution in [1.29, 1.82) is 0 Å². The minimum absolute atomic E-state index is 0.291. The fraction of sp³-hybridized carbons (Fsp3) is 0.417. The van der Waals surface area contributed by atoms with Crippen molar-refractivity contribution < 1.29 is 14.3 Å². The molecule has 166 valence electrons. The van der Waals surface area contributed by atoms with E-state index in [1.165, 1.54) is 11.8 Å². The van der Waals surface area contributed by atoms with Crippen molar-refractivity contribution in [1.82, 2.24) is 4.58 Å². The summed E-state index contributed by atoms with van der Waals surface area (Å²) in [5.41, 5.74) is 8.67. The molecule has 3 N–H and O–H groups in total. The van der Waals surface area contributed by atoms with Crippen LogP contribution in [-0.2, 0) is 4.79 Å². The smallest absolute Gasteiger partial charge is 0.321 e. The van der Waals surface area contributed by atoms with Crippen LogP contribution in [0.15, 0.2) is 45.7 Å². The van der Waals surface area contributed by atoms with Gasteiger partial charge in [-0.15, -0.1) is 11.8 Å². The molecular weight excluding hydrogens is 410 g/mol. The Bertz CT molecular complexity index is 1100. The highest BCUT2D eigenvalue weighted by Crippen LogP contribution is 2.40. The average molecular weight is 443 g/mol. The Balaban J connectivity index is 2.24. The Labute approximate surface area is 187 Å². The summed E-state index contributed by atoms with van der Waals surface area (Å²) in [5.74, 6) is 0.0911. The number of anilines is 1. The summed E-state index contributed by atoms with van der Waals surface area (Å²) in [5, 5.41) is 11.3. The molecule has 0 saturated heterocycles. The summed E-state index contributed by atoms with van der Waals surface area (Å²) in [6.45, 7) is 12.2. The molecule has 0 radical (unpaired) electrons. The van der Waals surface area contributed by atoms with E-state index in [9.17, 15) is 9.90 Å². The SMILES string of the molecule is CCN(CC)c1ccc2c(SCC(N)C(=O)O)c3ccc(=[N+](CC)CC)cc-3oc2c1. The first-order valence-corrected chi connectivity index (χ1v) is 11.9. The lowest BCUT2D eigenvalue weighted by molar-refractivity contribution is -0.137. The van der Waals surface area contributed by atoms with Crippen LogP contribution >= 0.6 is 11.8 Å². The lowest BCUT2D eigenvalue weighted by Gasteiger charge is -2.22. The second kappa shape index (κ2) is 10.2. The van der Waals surface area contributed by atoms with E-state index in [2.05, 4.69) is 73.6 Å². The minimum Gasteiger partial charge on any atom is -0.480 e. The van der Waals surface area contributed by atoms with Crippen molar-refractivity contribution in [3.63, 3.8) is 0 Å². The third-order valence-corrected chi connectivity index (χ3v) is 6.88. The lowest BCUT2D eigenvalue weighted by atomic mass is 10.1. The van der Waals surface area contributed by atoms with E-state index in [1.54, 1.807) is 0 Å². The average Bonchev–Trinajstić information content (AvgIpc) is 2.77. The predicted octanol–water partition coefficient (Wildman–Crippen LogP) is 3.70. The van der Waals surface area contributed by atoms with Gasteiger partial charge >= 0.3 is 5.97 Å². The highest BCUT2D eigenvalue weighted by atomic mass is 32.2. The van der Waals surface area contributed by atoms with E-state index < -0.39 is 12.0 Å². The first kappa shape index (κ1) is 23.2. The summed E-state index contributed by atoms with van der Waals surface area (Å²) in [6, 6.07) is 11.6. The van der Waals surface area contributed by atoms with Gasteiger partial charge in [0.1, 0.15) is 30.5 Å². The molecule has 0 spiro atoms. The number of fused-ring (bicyclic) bond motifs is 2. The molecule has 2 aliphatic rings. The van der Waals surface area contributed by atoms with Gasteiger partial charge in [0.05, 0.1) is 6.07 Å². The molecule has 0 amide bonds. The zero-order valence-corrected chi connectivity index (χ0v) is 19.5. The summed E-state index contributed by atoms with van der Waals surface area (Å²) in [4.78, 5) is 14.5. The zero-order chi connectivity index (χ0) is 22.5. The van der Waals surface area contributed by atoms with Crippen molar-refractivity contribution in [2.24, 2.45) is 5.73 Å². The van der Waals surface area contributed by atoms with Gasteiger partial charge in [0.2, 0.25) is 5.36 Å². The van der Waals surface area contributed by atoms with E-state index in [0.29, 0.717) is 5.75 Å². The highest BCUT2D eigenvalue weighted by Gasteiger charge is 2.20. The number of carboxylic acids is 1. The summed E-state index contributed by atoms with van der Waals surface area (Å²) < 4.78 is 8.66. The van der Waals surface area contributed by atoms with E-state index in [4.69, 9.17) is 10.2 Å². The minimum atomic E-state index is -0.991. The Morgan fingerprint density at radius 3 is 2.45 bits per heavy atom. The molecule has 1 aromatic carbocycles. The molecule has 0 saturated carbocycles. The van der Waals surface area contributed by atoms with Gasteiger partial charge in [-0.25, -0.2) is 4.58 Å². The molecule has 1 aliphatic carbocycles. The van der Waals surface area contributed by atoms with Crippen LogP contribution in [0, 0.1) is 0 Å². The van der Waals surface area contributed by atoms with Gasteiger partial charge in [-0.1, -0.05) is 0 Å². The molecule has 1 atom stereocenters. The van der Waals surface area contributed by atoms with Crippen molar-refractivity contribution in [3.05, 3.63) is 41.8 Å². The Kier molecular flexibility index (Phi) is 7.62. The quantitative estimate of drug-likeness (QED) is 0.299. The standard InChI is InChI=1S/C24H31N3O3S/c1-5-26(6-2)16-9-11-18-21(13-16)30-22-14-17(27(7-3)8-4)10-12-19(22)23(18)31-15-20(25)24(28)29/h9-14,20H,5-8,15,25H2,1-4H3/p+1. The molecule has 6 nitrogen and oxygen atoms in total. The van der Waals surface area contributed by atoms with Crippen molar-refractivity contribution in [2.45, 2.75) is 38.6 Å². The number of carbonyl (C=O) groups is 1. The number of carboxylic acid groups (broad SMARTS) is 1. The van der Waals surface area contributed by atoms with Crippen molar-refractivity contribution in [3.8, 4) is 11.3 Å². The van der Waals surface area contributed by atoms with Crippen molar-refractivity contribution in [2.75, 3.05) is 36.8 Å². The fourth-order valence-electron chi connectivity index (χ4n) is 3.80. The van der Waals surface area contributed by atoms with Gasteiger partial charge in [-0.05, 0) is 45.9 Å². The molecular formula is C24H32N3O3S+. The van der Waals surface area contributed by atoms with Crippen LogP contribution in [0.25, 0.3) is 22.3 Å². The van der Waals surface area contributed by atoms with Gasteiger partial charge in [0.25, 0.3) is 0 Å². The maximum absolute atomic E-state index is 11.3. The van der Waals surface area contributed by atoms with Crippen LogP contribution in [0.5, 0.6) is 0 Å². The Morgan fingerprint density at radius 1 is 1.13 bits per heavy atom. The first-order valence-electron chi connectivity index (χ1n) is 10.9. The van der Waals surface area contributed by atoms with Gasteiger partial charge in [0.15, 0.2) is 0 Å². The third kappa shape index (κ3) is 4.88. The molecule has 0 fully saturated rings. The summed E-state index contributed by atoms with van der Waals surface area (Å²) in [6.07, 6.45) is 0. The number of aliphatic carboxylic acids is 1. The molecule has 0 aromatic heterocycles. The highest BCUT2D eigenvalue weighted by molar-refractivity contribution is 7.99. The molecule has 1 aromatic rings. The molecule has 1 unspecified atom stereocenters. The van der Waals surface area contributed by atoms with Crippen LogP contribution in [0.1, 0.15) is 27.7 Å². The van der Waals surface area contributed by atoms with E-state index in [-0.39, 0.29) is 0 Å². The number of nitrogens with two attached hydrogens (primary N) is 1. The van der Waals surface area contributed by atoms with Crippen LogP contribution in [0.3, 0.4) is 0 Å². The van der Waals surface area contributed by atoms with Crippen molar-refractivity contribution >= 4 is 34.4 Å². The van der Waals surface area contributed by atoms with Gasteiger partial charge in [-0.3, -0.25) is 4.79 Å².